The highest BCUT2D eigenvalue weighted by molar-refractivity contribution is 7.89. The fourth-order valence-corrected chi connectivity index (χ4v) is 6.67. The molecule has 1 aromatic carbocycles. The number of thiophene rings is 1. The molecule has 4 rings (SSSR count). The van der Waals surface area contributed by atoms with Crippen molar-refractivity contribution in [1.29, 1.82) is 0 Å². The molecule has 0 radical (unpaired) electrons. The van der Waals surface area contributed by atoms with E-state index in [1.165, 1.54) is 15.2 Å². The van der Waals surface area contributed by atoms with Crippen LogP contribution in [0.15, 0.2) is 40.6 Å². The molecule has 1 aromatic heterocycles. The fraction of sp³-hybridized carbons (Fsp3) is 0.522. The summed E-state index contributed by atoms with van der Waals surface area (Å²) in [4.78, 5) is 18.9. The molecular weight excluding hydrogens is 444 g/mol. The zero-order chi connectivity index (χ0) is 22.6. The minimum Gasteiger partial charge on any atom is -0.352 e. The highest BCUT2D eigenvalue weighted by Crippen LogP contribution is 2.28. The first-order chi connectivity index (χ1) is 15.5. The lowest BCUT2D eigenvalue weighted by molar-refractivity contribution is 0.0948. The molecule has 1 fully saturated rings. The quantitative estimate of drug-likeness (QED) is 0.592. The van der Waals surface area contributed by atoms with Crippen molar-refractivity contribution in [2.75, 3.05) is 52.4 Å². The molecule has 0 bridgehead atoms. The van der Waals surface area contributed by atoms with Gasteiger partial charge < -0.3 is 15.1 Å². The number of carbonyl (C=O) groups excluding carboxylic acids is 1. The van der Waals surface area contributed by atoms with Crippen LogP contribution in [0.4, 0.5) is 0 Å². The van der Waals surface area contributed by atoms with Gasteiger partial charge in [-0.2, -0.15) is 4.31 Å². The Morgan fingerprint density at radius 1 is 1.09 bits per heavy atom. The van der Waals surface area contributed by atoms with Gasteiger partial charge in [-0.05, 0) is 61.1 Å². The fourth-order valence-electron chi connectivity index (χ4n) is 4.31. The van der Waals surface area contributed by atoms with E-state index < -0.39 is 10.0 Å². The van der Waals surface area contributed by atoms with Gasteiger partial charge in [0.05, 0.1) is 4.90 Å². The van der Waals surface area contributed by atoms with Gasteiger partial charge in [0.2, 0.25) is 10.0 Å². The molecule has 3 heterocycles. The van der Waals surface area contributed by atoms with Crippen LogP contribution in [0.5, 0.6) is 0 Å². The molecule has 0 saturated carbocycles. The summed E-state index contributed by atoms with van der Waals surface area (Å²) >= 11 is 1.68. The Labute approximate surface area is 195 Å². The van der Waals surface area contributed by atoms with Crippen LogP contribution in [0, 0.1) is 0 Å². The van der Waals surface area contributed by atoms with Crippen LogP contribution in [0.1, 0.15) is 34.1 Å². The highest BCUT2D eigenvalue weighted by Gasteiger charge is 2.29. The molecule has 0 unspecified atom stereocenters. The topological polar surface area (TPSA) is 73.0 Å². The third-order valence-electron chi connectivity index (χ3n) is 6.36. The minimum absolute atomic E-state index is 0.178. The number of benzene rings is 1. The average molecular weight is 477 g/mol. The maximum atomic E-state index is 13.2. The lowest BCUT2D eigenvalue weighted by Gasteiger charge is -2.33. The summed E-state index contributed by atoms with van der Waals surface area (Å²) in [6, 6.07) is 8.39. The van der Waals surface area contributed by atoms with E-state index in [0.29, 0.717) is 25.2 Å². The number of carbonyl (C=O) groups is 1. The van der Waals surface area contributed by atoms with Gasteiger partial charge in [0.1, 0.15) is 0 Å². The third kappa shape index (κ3) is 5.40. The zero-order valence-electron chi connectivity index (χ0n) is 18.6. The van der Waals surface area contributed by atoms with Gasteiger partial charge in [-0.3, -0.25) is 4.79 Å². The Morgan fingerprint density at radius 3 is 2.66 bits per heavy atom. The highest BCUT2D eigenvalue weighted by atomic mass is 32.2. The molecule has 9 heteroatoms. The van der Waals surface area contributed by atoms with Gasteiger partial charge in [0, 0.05) is 56.3 Å². The van der Waals surface area contributed by atoms with Crippen LogP contribution < -0.4 is 5.32 Å². The summed E-state index contributed by atoms with van der Waals surface area (Å²) in [7, 11) is -3.64. The number of hydrogen-bond acceptors (Lipinski definition) is 6. The van der Waals surface area contributed by atoms with Crippen LogP contribution in [0.3, 0.4) is 0 Å². The van der Waals surface area contributed by atoms with E-state index >= 15 is 0 Å². The van der Waals surface area contributed by atoms with E-state index in [1.54, 1.807) is 29.5 Å². The van der Waals surface area contributed by atoms with Crippen molar-refractivity contribution < 1.29 is 13.2 Å². The number of nitrogens with one attached hydrogen (secondary N) is 1. The van der Waals surface area contributed by atoms with Crippen molar-refractivity contribution in [2.45, 2.75) is 31.2 Å². The molecule has 0 spiro atoms. The summed E-state index contributed by atoms with van der Waals surface area (Å²) in [5.74, 6) is -0.225. The third-order valence-corrected chi connectivity index (χ3v) is 9.22. The molecule has 174 valence electrons. The van der Waals surface area contributed by atoms with Crippen LogP contribution in [0.25, 0.3) is 0 Å². The predicted octanol–water partition coefficient (Wildman–Crippen LogP) is 2.25. The molecule has 2 aliphatic rings. The van der Waals surface area contributed by atoms with Gasteiger partial charge in [0.25, 0.3) is 5.91 Å². The number of fused-ring (bicyclic) bond motifs is 1. The molecule has 1 amide bonds. The first-order valence-electron chi connectivity index (χ1n) is 11.4. The Hall–Kier alpha value is -1.78. The van der Waals surface area contributed by atoms with E-state index in [1.807, 2.05) is 11.4 Å². The van der Waals surface area contributed by atoms with Crippen molar-refractivity contribution in [2.24, 2.45) is 0 Å². The summed E-state index contributed by atoms with van der Waals surface area (Å²) in [6.45, 7) is 10.1. The lowest BCUT2D eigenvalue weighted by Crippen LogP contribution is -2.46. The molecule has 1 saturated heterocycles. The number of sulfonamides is 1. The summed E-state index contributed by atoms with van der Waals surface area (Å²) in [5, 5.41) is 4.95. The van der Waals surface area contributed by atoms with Crippen molar-refractivity contribution >= 4 is 27.3 Å². The molecule has 1 N–H and O–H groups in total. The minimum atomic E-state index is -3.64. The molecule has 0 atom stereocenters. The molecule has 2 aromatic rings. The second-order valence-corrected chi connectivity index (χ2v) is 11.3. The Bertz CT molecular complexity index is 1030. The SMILES string of the molecule is CCN1CCN(CCCNC(=O)c2cccc(S(=O)(=O)N3CCc4sccc4C3)c2)CC1. The second-order valence-electron chi connectivity index (χ2n) is 8.37. The Balaban J connectivity index is 1.30. The van der Waals surface area contributed by atoms with Gasteiger partial charge in [0.15, 0.2) is 0 Å². The van der Waals surface area contributed by atoms with Gasteiger partial charge in [-0.1, -0.05) is 13.0 Å². The predicted molar refractivity (Wildman–Crippen MR) is 128 cm³/mol. The number of piperazine rings is 1. The first kappa shape index (κ1) is 23.4. The maximum Gasteiger partial charge on any atom is 0.251 e. The number of rotatable bonds is 8. The van der Waals surface area contributed by atoms with Gasteiger partial charge in [-0.25, -0.2) is 8.42 Å². The van der Waals surface area contributed by atoms with Crippen LogP contribution in [-0.4, -0.2) is 80.8 Å². The van der Waals surface area contributed by atoms with E-state index in [-0.39, 0.29) is 10.8 Å². The van der Waals surface area contributed by atoms with Crippen molar-refractivity contribution in [3.8, 4) is 0 Å². The molecule has 32 heavy (non-hydrogen) atoms. The first-order valence-corrected chi connectivity index (χ1v) is 13.7. The van der Waals surface area contributed by atoms with Gasteiger partial charge in [-0.15, -0.1) is 11.3 Å². The molecular formula is C23H32N4O3S2. The van der Waals surface area contributed by atoms with E-state index in [9.17, 15) is 13.2 Å². The molecule has 7 nitrogen and oxygen atoms in total. The monoisotopic (exact) mass is 476 g/mol. The second kappa shape index (κ2) is 10.4. The van der Waals surface area contributed by atoms with E-state index in [2.05, 4.69) is 22.0 Å². The smallest absolute Gasteiger partial charge is 0.251 e. The van der Waals surface area contributed by atoms with Crippen molar-refractivity contribution in [3.05, 3.63) is 51.7 Å². The number of likely N-dealkylation sites (N-methyl/N-ethyl adjacent to an activating group) is 1. The maximum absolute atomic E-state index is 13.2. The number of nitrogens with zero attached hydrogens (tertiary/aromatic N) is 3. The van der Waals surface area contributed by atoms with Crippen molar-refractivity contribution in [1.82, 2.24) is 19.4 Å². The molecule has 2 aliphatic heterocycles. The lowest BCUT2D eigenvalue weighted by atomic mass is 10.1. The number of hydrogen-bond donors (Lipinski definition) is 1. The zero-order valence-corrected chi connectivity index (χ0v) is 20.3. The molecule has 0 aliphatic carbocycles. The summed E-state index contributed by atoms with van der Waals surface area (Å²) in [5.41, 5.74) is 1.46. The summed E-state index contributed by atoms with van der Waals surface area (Å²) in [6.07, 6.45) is 1.62. The van der Waals surface area contributed by atoms with Gasteiger partial charge >= 0.3 is 0 Å². The van der Waals surface area contributed by atoms with Crippen molar-refractivity contribution in [3.63, 3.8) is 0 Å². The summed E-state index contributed by atoms with van der Waals surface area (Å²) < 4.78 is 27.8. The average Bonchev–Trinajstić information content (AvgIpc) is 3.30. The largest absolute Gasteiger partial charge is 0.352 e. The van der Waals surface area contributed by atoms with E-state index in [0.717, 1.165) is 57.7 Å². The Morgan fingerprint density at radius 2 is 1.88 bits per heavy atom. The van der Waals surface area contributed by atoms with Crippen LogP contribution in [-0.2, 0) is 23.0 Å². The normalized spacial score (nSPS) is 18.4. The standard InChI is InChI=1S/C23H32N4O3S2/c1-2-25-12-14-26(15-13-25)10-4-9-24-23(28)19-5-3-6-21(17-19)32(29,30)27-11-7-22-20(18-27)8-16-31-22/h3,5-6,8,16-17H,2,4,7,9-15,18H2,1H3,(H,24,28). The van der Waals surface area contributed by atoms with E-state index in [4.69, 9.17) is 0 Å². The number of amides is 1. The Kier molecular flexibility index (Phi) is 7.63. The van der Waals surface area contributed by atoms with Crippen LogP contribution >= 0.6 is 11.3 Å². The van der Waals surface area contributed by atoms with Crippen LogP contribution in [0.2, 0.25) is 0 Å².